The monoisotopic (exact) mass is 528 g/mol. The van der Waals surface area contributed by atoms with Gasteiger partial charge < -0.3 is 30.8 Å². The zero-order valence-corrected chi connectivity index (χ0v) is 21.7. The third-order valence-corrected chi connectivity index (χ3v) is 6.41. The molecule has 0 radical (unpaired) electrons. The minimum absolute atomic E-state index is 0. The van der Waals surface area contributed by atoms with Crippen molar-refractivity contribution in [3.05, 3.63) is 58.7 Å². The molecule has 0 heterocycles. The second kappa shape index (κ2) is 13.5. The van der Waals surface area contributed by atoms with E-state index in [1.54, 1.807) is 14.2 Å². The van der Waals surface area contributed by atoms with E-state index in [2.05, 4.69) is 0 Å². The van der Waals surface area contributed by atoms with E-state index in [1.165, 1.54) is 7.11 Å². The van der Waals surface area contributed by atoms with Gasteiger partial charge in [0.1, 0.15) is 11.5 Å². The van der Waals surface area contributed by atoms with Crippen LogP contribution < -0.4 is 20.9 Å². The van der Waals surface area contributed by atoms with Gasteiger partial charge in [0.05, 0.1) is 34.2 Å². The highest BCUT2D eigenvalue weighted by Gasteiger charge is 2.31. The molecule has 2 aromatic rings. The topological polar surface area (TPSA) is 134 Å². The van der Waals surface area contributed by atoms with Crippen molar-refractivity contribution in [2.75, 3.05) is 21.3 Å². The summed E-state index contributed by atoms with van der Waals surface area (Å²) in [6.07, 6.45) is 2.00. The first-order valence-electron chi connectivity index (χ1n) is 10.9. The van der Waals surface area contributed by atoms with Gasteiger partial charge in [0.2, 0.25) is 0 Å². The highest BCUT2D eigenvalue weighted by atomic mass is 35.5. The molecule has 10 heteroatoms. The number of hydrogen-bond donors (Lipinski definition) is 3. The molecule has 4 unspecified atom stereocenters. The number of nitrogens with two attached hydrogens (primary N) is 2. The summed E-state index contributed by atoms with van der Waals surface area (Å²) in [4.78, 5) is 22.1. The Labute approximate surface area is 218 Å². The number of rotatable bonds is 6. The quantitative estimate of drug-likeness (QED) is 0.473. The Hall–Kier alpha value is -2.52. The van der Waals surface area contributed by atoms with Crippen molar-refractivity contribution < 1.29 is 28.9 Å². The van der Waals surface area contributed by atoms with E-state index >= 15 is 0 Å². The number of halogens is 2. The van der Waals surface area contributed by atoms with Gasteiger partial charge in [-0.15, -0.1) is 24.8 Å². The molecular formula is C25H34Cl2N2O6. The Morgan fingerprint density at radius 2 is 1.23 bits per heavy atom. The minimum atomic E-state index is -0.784. The lowest BCUT2D eigenvalue weighted by atomic mass is 9.98. The van der Waals surface area contributed by atoms with Crippen LogP contribution in [-0.2, 0) is 14.3 Å². The van der Waals surface area contributed by atoms with Gasteiger partial charge in [0.25, 0.3) is 0 Å². The molecule has 0 amide bonds. The van der Waals surface area contributed by atoms with Crippen LogP contribution in [0, 0.1) is 0 Å². The van der Waals surface area contributed by atoms with Crippen LogP contribution >= 0.6 is 24.8 Å². The molecule has 0 aromatic heterocycles. The maximum atomic E-state index is 11.3. The summed E-state index contributed by atoms with van der Waals surface area (Å²) in [7, 11) is 4.64. The number of carbonyl (C=O) groups excluding carboxylic acids is 1. The molecule has 4 rings (SSSR count). The SMILES string of the molecule is COC(=O)CC1CC(N)c2ccc(OC)cc21.COc1ccc2c(c1)C(CC(=O)O)CC2N.Cl.Cl. The fraction of sp³-hybridized carbons (Fsp3) is 0.440. The highest BCUT2D eigenvalue weighted by Crippen LogP contribution is 2.43. The summed E-state index contributed by atoms with van der Waals surface area (Å²) >= 11 is 0. The van der Waals surface area contributed by atoms with E-state index in [0.29, 0.717) is 12.8 Å². The first-order valence-corrected chi connectivity index (χ1v) is 10.9. The summed E-state index contributed by atoms with van der Waals surface area (Å²) in [6, 6.07) is 11.5. The molecule has 2 aromatic carbocycles. The minimum Gasteiger partial charge on any atom is -0.497 e. The van der Waals surface area contributed by atoms with E-state index in [0.717, 1.165) is 40.2 Å². The molecule has 0 aliphatic heterocycles. The maximum Gasteiger partial charge on any atom is 0.306 e. The molecule has 2 aliphatic carbocycles. The number of carboxylic acids is 1. The highest BCUT2D eigenvalue weighted by molar-refractivity contribution is 5.85. The second-order valence-electron chi connectivity index (χ2n) is 8.45. The smallest absolute Gasteiger partial charge is 0.306 e. The third-order valence-electron chi connectivity index (χ3n) is 6.41. The number of carboxylic acid groups (broad SMARTS) is 1. The molecular weight excluding hydrogens is 495 g/mol. The van der Waals surface area contributed by atoms with Crippen molar-refractivity contribution in [3.63, 3.8) is 0 Å². The molecule has 4 atom stereocenters. The van der Waals surface area contributed by atoms with Crippen LogP contribution in [0.3, 0.4) is 0 Å². The molecule has 5 N–H and O–H groups in total. The average Bonchev–Trinajstić information content (AvgIpc) is 3.28. The van der Waals surface area contributed by atoms with Gasteiger partial charge >= 0.3 is 11.9 Å². The molecule has 35 heavy (non-hydrogen) atoms. The molecule has 0 fully saturated rings. The normalized spacial score (nSPS) is 21.2. The Morgan fingerprint density at radius 3 is 1.60 bits per heavy atom. The van der Waals surface area contributed by atoms with E-state index < -0.39 is 5.97 Å². The Kier molecular flexibility index (Phi) is 11.8. The number of hydrogen-bond acceptors (Lipinski definition) is 7. The van der Waals surface area contributed by atoms with Gasteiger partial charge in [0, 0.05) is 12.1 Å². The van der Waals surface area contributed by atoms with Crippen LogP contribution in [0.25, 0.3) is 0 Å². The average molecular weight is 529 g/mol. The number of methoxy groups -OCH3 is 3. The molecule has 0 saturated heterocycles. The van der Waals surface area contributed by atoms with Crippen molar-refractivity contribution in [1.29, 1.82) is 0 Å². The number of esters is 1. The zero-order valence-electron chi connectivity index (χ0n) is 20.1. The number of carbonyl (C=O) groups is 2. The zero-order chi connectivity index (χ0) is 24.1. The van der Waals surface area contributed by atoms with Gasteiger partial charge in [-0.2, -0.15) is 0 Å². The third kappa shape index (κ3) is 7.24. The first-order chi connectivity index (χ1) is 15.8. The predicted molar refractivity (Wildman–Crippen MR) is 138 cm³/mol. The van der Waals surface area contributed by atoms with E-state index in [-0.39, 0.29) is 61.1 Å². The lowest BCUT2D eigenvalue weighted by molar-refractivity contribution is -0.141. The maximum absolute atomic E-state index is 11.3. The summed E-state index contributed by atoms with van der Waals surface area (Å²) in [5.74, 6) is 0.724. The van der Waals surface area contributed by atoms with Crippen LogP contribution in [0.4, 0.5) is 0 Å². The van der Waals surface area contributed by atoms with Gasteiger partial charge in [-0.1, -0.05) is 12.1 Å². The van der Waals surface area contributed by atoms with Crippen LogP contribution in [-0.4, -0.2) is 38.4 Å². The number of benzene rings is 2. The van der Waals surface area contributed by atoms with Crippen molar-refractivity contribution in [2.45, 2.75) is 49.6 Å². The molecule has 194 valence electrons. The van der Waals surface area contributed by atoms with Crippen LogP contribution in [0.5, 0.6) is 11.5 Å². The van der Waals surface area contributed by atoms with Crippen molar-refractivity contribution in [2.24, 2.45) is 11.5 Å². The lowest BCUT2D eigenvalue weighted by Gasteiger charge is -2.10. The van der Waals surface area contributed by atoms with Crippen molar-refractivity contribution >= 4 is 36.8 Å². The van der Waals surface area contributed by atoms with Gasteiger partial charge in [-0.05, 0) is 71.2 Å². The van der Waals surface area contributed by atoms with Crippen molar-refractivity contribution in [1.82, 2.24) is 0 Å². The van der Waals surface area contributed by atoms with E-state index in [4.69, 9.17) is 30.8 Å². The van der Waals surface area contributed by atoms with Gasteiger partial charge in [0.15, 0.2) is 0 Å². The summed E-state index contributed by atoms with van der Waals surface area (Å²) in [5, 5.41) is 8.84. The summed E-state index contributed by atoms with van der Waals surface area (Å²) in [5.41, 5.74) is 16.3. The number of aliphatic carboxylic acids is 1. The van der Waals surface area contributed by atoms with E-state index in [1.807, 2.05) is 36.4 Å². The predicted octanol–water partition coefficient (Wildman–Crippen LogP) is 4.25. The molecule has 2 aliphatic rings. The lowest BCUT2D eigenvalue weighted by Crippen LogP contribution is -2.08. The Morgan fingerprint density at radius 1 is 0.800 bits per heavy atom. The fourth-order valence-electron chi connectivity index (χ4n) is 4.74. The van der Waals surface area contributed by atoms with Gasteiger partial charge in [-0.25, -0.2) is 0 Å². The molecule has 8 nitrogen and oxygen atoms in total. The number of fused-ring (bicyclic) bond motifs is 2. The summed E-state index contributed by atoms with van der Waals surface area (Å²) in [6.45, 7) is 0. The molecule has 0 saturated carbocycles. The van der Waals surface area contributed by atoms with Crippen LogP contribution in [0.15, 0.2) is 36.4 Å². The molecule has 0 bridgehead atoms. The van der Waals surface area contributed by atoms with E-state index in [9.17, 15) is 9.59 Å². The second-order valence-corrected chi connectivity index (χ2v) is 8.45. The number of ether oxygens (including phenoxy) is 3. The Bertz CT molecular complexity index is 1020. The molecule has 0 spiro atoms. The Balaban J connectivity index is 0.000000332. The van der Waals surface area contributed by atoms with Crippen LogP contribution in [0.2, 0.25) is 0 Å². The standard InChI is InChI=1S/C13H17NO3.C12H15NO3.2ClH/c1-16-9-3-4-10-11(7-9)8(5-12(10)14)6-13(15)17-2;1-16-8-2-3-9-10(6-8)7(4-11(9)13)5-12(14)15;;/h3-4,7-8,12H,5-6,14H2,1-2H3;2-3,6-7,11H,4-5,13H2,1H3,(H,14,15);2*1H. The summed E-state index contributed by atoms with van der Waals surface area (Å²) < 4.78 is 15.0. The van der Waals surface area contributed by atoms with Crippen LogP contribution in [0.1, 0.15) is 71.9 Å². The van der Waals surface area contributed by atoms with Crippen molar-refractivity contribution in [3.8, 4) is 11.5 Å². The van der Waals surface area contributed by atoms with Gasteiger partial charge in [-0.3, -0.25) is 9.59 Å². The first kappa shape index (κ1) is 30.5. The fourth-order valence-corrected chi connectivity index (χ4v) is 4.74. The largest absolute Gasteiger partial charge is 0.497 e.